The van der Waals surface area contributed by atoms with Crippen molar-refractivity contribution in [1.29, 1.82) is 0 Å². The molecular formula is C20H22ClN3O. The van der Waals surface area contributed by atoms with Gasteiger partial charge in [-0.3, -0.25) is 4.79 Å². The number of nitrogens with one attached hydrogen (secondary N) is 1. The molecule has 4 nitrogen and oxygen atoms in total. The van der Waals surface area contributed by atoms with Crippen LogP contribution in [0.5, 0.6) is 0 Å². The number of benzene rings is 2. The monoisotopic (exact) mass is 355 g/mol. The number of carbonyl (C=O) groups excluding carboxylic acids is 1. The molecule has 3 rings (SSSR count). The number of imidazole rings is 1. The summed E-state index contributed by atoms with van der Waals surface area (Å²) in [6.45, 7) is 1.49. The van der Waals surface area contributed by atoms with E-state index in [4.69, 9.17) is 0 Å². The van der Waals surface area contributed by atoms with E-state index in [1.807, 2.05) is 71.4 Å². The zero-order chi connectivity index (χ0) is 16.6. The van der Waals surface area contributed by atoms with E-state index < -0.39 is 0 Å². The first-order valence-corrected chi connectivity index (χ1v) is 8.18. The molecular weight excluding hydrogens is 334 g/mol. The second-order valence-corrected chi connectivity index (χ2v) is 5.70. The largest absolute Gasteiger partial charge is 0.355 e. The highest BCUT2D eigenvalue weighted by Gasteiger charge is 2.21. The number of carbonyl (C=O) groups is 1. The van der Waals surface area contributed by atoms with E-state index in [1.165, 1.54) is 0 Å². The van der Waals surface area contributed by atoms with Gasteiger partial charge in [-0.05, 0) is 17.5 Å². The van der Waals surface area contributed by atoms with Crippen LogP contribution < -0.4 is 5.32 Å². The summed E-state index contributed by atoms with van der Waals surface area (Å²) in [5, 5.41) is 3.07. The Morgan fingerprint density at radius 1 is 1.00 bits per heavy atom. The molecule has 0 unspecified atom stereocenters. The first-order valence-electron chi connectivity index (χ1n) is 8.18. The minimum atomic E-state index is -0.277. The minimum Gasteiger partial charge on any atom is -0.355 e. The summed E-state index contributed by atoms with van der Waals surface area (Å²) >= 11 is 0. The molecule has 3 aromatic rings. The quantitative estimate of drug-likeness (QED) is 0.658. The molecule has 25 heavy (non-hydrogen) atoms. The topological polar surface area (TPSA) is 46.9 Å². The van der Waals surface area contributed by atoms with Gasteiger partial charge in [0.2, 0.25) is 5.91 Å². The SMILES string of the molecule is Cl.O=C(NCCCn1ccnc1)C(c1ccccc1)c1ccccc1. The van der Waals surface area contributed by atoms with Crippen LogP contribution in [0.15, 0.2) is 79.4 Å². The van der Waals surface area contributed by atoms with E-state index in [-0.39, 0.29) is 24.2 Å². The maximum atomic E-state index is 12.8. The zero-order valence-electron chi connectivity index (χ0n) is 13.9. The number of halogens is 1. The van der Waals surface area contributed by atoms with Gasteiger partial charge < -0.3 is 9.88 Å². The Morgan fingerprint density at radius 3 is 2.12 bits per heavy atom. The minimum absolute atomic E-state index is 0. The summed E-state index contributed by atoms with van der Waals surface area (Å²) in [6.07, 6.45) is 6.36. The van der Waals surface area contributed by atoms with E-state index in [0.29, 0.717) is 6.54 Å². The van der Waals surface area contributed by atoms with Crippen molar-refractivity contribution in [2.75, 3.05) is 6.54 Å². The zero-order valence-corrected chi connectivity index (χ0v) is 14.7. The van der Waals surface area contributed by atoms with Gasteiger partial charge in [-0.25, -0.2) is 4.98 Å². The van der Waals surface area contributed by atoms with Crippen LogP contribution in [0.4, 0.5) is 0 Å². The Morgan fingerprint density at radius 2 is 1.60 bits per heavy atom. The van der Waals surface area contributed by atoms with Crippen LogP contribution in [-0.2, 0) is 11.3 Å². The number of hydrogen-bond acceptors (Lipinski definition) is 2. The van der Waals surface area contributed by atoms with Gasteiger partial charge >= 0.3 is 0 Å². The highest BCUT2D eigenvalue weighted by molar-refractivity contribution is 5.87. The molecule has 0 aliphatic rings. The molecule has 0 fully saturated rings. The fraction of sp³-hybridized carbons (Fsp3) is 0.200. The van der Waals surface area contributed by atoms with Crippen LogP contribution in [-0.4, -0.2) is 22.0 Å². The molecule has 5 heteroatoms. The number of hydrogen-bond donors (Lipinski definition) is 1. The second-order valence-electron chi connectivity index (χ2n) is 5.70. The molecule has 1 amide bonds. The molecule has 130 valence electrons. The molecule has 0 aliphatic heterocycles. The fourth-order valence-corrected chi connectivity index (χ4v) is 2.78. The Labute approximate surface area is 154 Å². The molecule has 0 bridgehead atoms. The number of amides is 1. The molecule has 2 aromatic carbocycles. The third-order valence-corrected chi connectivity index (χ3v) is 3.98. The Kier molecular flexibility index (Phi) is 7.23. The molecule has 0 aliphatic carbocycles. The molecule has 1 N–H and O–H groups in total. The molecule has 0 saturated heterocycles. The molecule has 1 aromatic heterocycles. The van der Waals surface area contributed by atoms with Crippen molar-refractivity contribution < 1.29 is 4.79 Å². The number of rotatable bonds is 7. The van der Waals surface area contributed by atoms with Crippen molar-refractivity contribution in [3.8, 4) is 0 Å². The Balaban J connectivity index is 0.00000225. The predicted molar refractivity (Wildman–Crippen MR) is 102 cm³/mol. The van der Waals surface area contributed by atoms with E-state index >= 15 is 0 Å². The van der Waals surface area contributed by atoms with E-state index in [0.717, 1.165) is 24.1 Å². The maximum absolute atomic E-state index is 12.8. The lowest BCUT2D eigenvalue weighted by atomic mass is 9.90. The van der Waals surface area contributed by atoms with Crippen molar-refractivity contribution in [1.82, 2.24) is 14.9 Å². The predicted octanol–water partition coefficient (Wildman–Crippen LogP) is 3.64. The second kappa shape index (κ2) is 9.64. The van der Waals surface area contributed by atoms with Gasteiger partial charge in [0.1, 0.15) is 0 Å². The van der Waals surface area contributed by atoms with Crippen LogP contribution >= 0.6 is 12.4 Å². The molecule has 0 spiro atoms. The average Bonchev–Trinajstić information content (AvgIpc) is 3.14. The van der Waals surface area contributed by atoms with Gasteiger partial charge in [0.15, 0.2) is 0 Å². The Hall–Kier alpha value is -2.59. The van der Waals surface area contributed by atoms with Gasteiger partial charge in [0.05, 0.1) is 12.2 Å². The van der Waals surface area contributed by atoms with E-state index in [9.17, 15) is 4.79 Å². The van der Waals surface area contributed by atoms with Crippen LogP contribution in [0.3, 0.4) is 0 Å². The third-order valence-electron chi connectivity index (χ3n) is 3.98. The van der Waals surface area contributed by atoms with Crippen LogP contribution in [0.25, 0.3) is 0 Å². The van der Waals surface area contributed by atoms with Crippen molar-refractivity contribution in [3.05, 3.63) is 90.5 Å². The standard InChI is InChI=1S/C20H21N3O.ClH/c24-20(22-12-7-14-23-15-13-21-16-23)19(17-8-3-1-4-9-17)18-10-5-2-6-11-18;/h1-6,8-11,13,15-16,19H,7,12,14H2,(H,22,24);1H. The normalized spacial score (nSPS) is 10.3. The molecule has 0 radical (unpaired) electrons. The van der Waals surface area contributed by atoms with E-state index in [2.05, 4.69) is 10.3 Å². The summed E-state index contributed by atoms with van der Waals surface area (Å²) in [7, 11) is 0. The van der Waals surface area contributed by atoms with Crippen molar-refractivity contribution in [3.63, 3.8) is 0 Å². The van der Waals surface area contributed by atoms with Crippen molar-refractivity contribution >= 4 is 18.3 Å². The summed E-state index contributed by atoms with van der Waals surface area (Å²) in [5.74, 6) is -0.237. The molecule has 0 saturated carbocycles. The van der Waals surface area contributed by atoms with Crippen LogP contribution in [0, 0.1) is 0 Å². The maximum Gasteiger partial charge on any atom is 0.232 e. The average molecular weight is 356 g/mol. The van der Waals surface area contributed by atoms with E-state index in [1.54, 1.807) is 12.5 Å². The summed E-state index contributed by atoms with van der Waals surface area (Å²) in [4.78, 5) is 16.8. The van der Waals surface area contributed by atoms with Crippen LogP contribution in [0.1, 0.15) is 23.5 Å². The lowest BCUT2D eigenvalue weighted by Crippen LogP contribution is -2.31. The highest BCUT2D eigenvalue weighted by atomic mass is 35.5. The number of nitrogens with zero attached hydrogens (tertiary/aromatic N) is 2. The fourth-order valence-electron chi connectivity index (χ4n) is 2.78. The number of aromatic nitrogens is 2. The third kappa shape index (κ3) is 5.19. The molecule has 0 atom stereocenters. The van der Waals surface area contributed by atoms with Crippen molar-refractivity contribution in [2.24, 2.45) is 0 Å². The van der Waals surface area contributed by atoms with Gasteiger partial charge in [-0.2, -0.15) is 0 Å². The van der Waals surface area contributed by atoms with Gasteiger partial charge in [0.25, 0.3) is 0 Å². The molecule has 1 heterocycles. The number of aryl methyl sites for hydroxylation is 1. The Bertz CT molecular complexity index is 706. The lowest BCUT2D eigenvalue weighted by molar-refractivity contribution is -0.121. The summed E-state index contributed by atoms with van der Waals surface area (Å²) < 4.78 is 2.01. The first-order chi connectivity index (χ1) is 11.8. The van der Waals surface area contributed by atoms with Gasteiger partial charge in [0, 0.05) is 25.5 Å². The smallest absolute Gasteiger partial charge is 0.232 e. The highest BCUT2D eigenvalue weighted by Crippen LogP contribution is 2.24. The first kappa shape index (κ1) is 18.7. The van der Waals surface area contributed by atoms with Gasteiger partial charge in [-0.1, -0.05) is 60.7 Å². The summed E-state index contributed by atoms with van der Waals surface area (Å²) in [5.41, 5.74) is 2.02. The van der Waals surface area contributed by atoms with Gasteiger partial charge in [-0.15, -0.1) is 12.4 Å². The van der Waals surface area contributed by atoms with Crippen molar-refractivity contribution in [2.45, 2.75) is 18.9 Å². The van der Waals surface area contributed by atoms with Crippen LogP contribution in [0.2, 0.25) is 0 Å². The lowest BCUT2D eigenvalue weighted by Gasteiger charge is -2.18. The summed E-state index contributed by atoms with van der Waals surface area (Å²) in [6, 6.07) is 19.8.